The second-order valence-corrected chi connectivity index (χ2v) is 7.01. The average Bonchev–Trinajstić information content (AvgIpc) is 2.78. The number of rotatable bonds is 7. The molecule has 3 saturated carbocycles. The lowest BCUT2D eigenvalue weighted by Crippen LogP contribution is -2.40. The molecule has 3 fully saturated rings. The van der Waals surface area contributed by atoms with Crippen molar-refractivity contribution in [2.24, 2.45) is 17.8 Å². The van der Waals surface area contributed by atoms with Gasteiger partial charge in [0.15, 0.2) is 0 Å². The molecule has 0 N–H and O–H groups in total. The van der Waals surface area contributed by atoms with Crippen molar-refractivity contribution >= 4 is 15.1 Å². The van der Waals surface area contributed by atoms with E-state index in [1.54, 1.807) is 19.3 Å². The van der Waals surface area contributed by atoms with Crippen LogP contribution in [0.1, 0.15) is 58.8 Å². The van der Waals surface area contributed by atoms with Crippen molar-refractivity contribution in [1.29, 1.82) is 0 Å². The molecular formula is C14H28B2. The van der Waals surface area contributed by atoms with Gasteiger partial charge < -0.3 is 0 Å². The van der Waals surface area contributed by atoms with E-state index in [1.807, 2.05) is 0 Å². The molecule has 2 heteroatoms. The van der Waals surface area contributed by atoms with E-state index in [0.29, 0.717) is 5.21 Å². The summed E-state index contributed by atoms with van der Waals surface area (Å²) in [5, 5.41) is 0.649. The highest BCUT2D eigenvalue weighted by Gasteiger charge is 2.52. The minimum Gasteiger partial charge on any atom is -0.0805 e. The third-order valence-electron chi connectivity index (χ3n) is 5.36. The van der Waals surface area contributed by atoms with Gasteiger partial charge in [-0.2, -0.15) is 0 Å². The summed E-state index contributed by atoms with van der Waals surface area (Å²) in [5.41, 5.74) is 0. The summed E-state index contributed by atoms with van der Waals surface area (Å²) >= 11 is 0. The maximum atomic E-state index is 2.54. The molecule has 0 aromatic carbocycles. The van der Waals surface area contributed by atoms with Crippen LogP contribution in [0.4, 0.5) is 0 Å². The van der Waals surface area contributed by atoms with Gasteiger partial charge in [0.1, 0.15) is 7.28 Å². The van der Waals surface area contributed by atoms with Gasteiger partial charge in [-0.3, -0.25) is 0 Å². The Kier molecular flexibility index (Phi) is 4.08. The molecule has 0 heterocycles. The van der Waals surface area contributed by atoms with Gasteiger partial charge in [0, 0.05) is 0 Å². The third-order valence-corrected chi connectivity index (χ3v) is 5.36. The lowest BCUT2D eigenvalue weighted by Gasteiger charge is -2.47. The van der Waals surface area contributed by atoms with E-state index < -0.39 is 0 Å². The zero-order valence-electron chi connectivity index (χ0n) is 11.6. The summed E-state index contributed by atoms with van der Waals surface area (Å²) in [6.45, 7) is 4.85. The molecule has 0 radical (unpaired) electrons. The van der Waals surface area contributed by atoms with Crippen LogP contribution in [0.25, 0.3) is 0 Å². The van der Waals surface area contributed by atoms with E-state index in [9.17, 15) is 0 Å². The minimum atomic E-state index is 0.649. The topological polar surface area (TPSA) is 0 Å². The number of hydrogen-bond acceptors (Lipinski definition) is 0. The average molecular weight is 218 g/mol. The highest BCUT2D eigenvalue weighted by atomic mass is 14.5. The normalized spacial score (nSPS) is 35.5. The number of hydrogen-bond donors (Lipinski definition) is 0. The van der Waals surface area contributed by atoms with Gasteiger partial charge >= 0.3 is 0 Å². The van der Waals surface area contributed by atoms with E-state index in [2.05, 4.69) is 21.7 Å². The van der Waals surface area contributed by atoms with Crippen molar-refractivity contribution in [1.82, 2.24) is 0 Å². The molecule has 3 aliphatic carbocycles. The quantitative estimate of drug-likeness (QED) is 0.454. The first-order valence-electron chi connectivity index (χ1n) is 7.65. The van der Waals surface area contributed by atoms with Crippen LogP contribution in [-0.4, -0.2) is 15.1 Å². The van der Waals surface area contributed by atoms with E-state index in [0.717, 1.165) is 17.8 Å². The van der Waals surface area contributed by atoms with Gasteiger partial charge in [0.2, 0.25) is 0 Å². The van der Waals surface area contributed by atoms with E-state index >= 15 is 0 Å². The molecule has 3 atom stereocenters. The van der Waals surface area contributed by atoms with E-state index in [1.165, 1.54) is 39.3 Å². The summed E-state index contributed by atoms with van der Waals surface area (Å²) < 4.78 is 0. The van der Waals surface area contributed by atoms with Gasteiger partial charge in [-0.05, 0) is 37.0 Å². The largest absolute Gasteiger partial charge is 0.119 e. The molecule has 3 aliphatic rings. The fourth-order valence-electron chi connectivity index (χ4n) is 4.52. The molecule has 3 unspecified atom stereocenters. The van der Waals surface area contributed by atoms with E-state index in [4.69, 9.17) is 0 Å². The fraction of sp³-hybridized carbons (Fsp3) is 1.00. The monoisotopic (exact) mass is 218 g/mol. The fourth-order valence-corrected chi connectivity index (χ4v) is 4.52. The van der Waals surface area contributed by atoms with Gasteiger partial charge in [0.25, 0.3) is 0 Å². The Labute approximate surface area is 104 Å². The van der Waals surface area contributed by atoms with Crippen LogP contribution in [0.3, 0.4) is 0 Å². The highest BCUT2D eigenvalue weighted by Crippen LogP contribution is 2.61. The molecule has 3 rings (SSSR count). The summed E-state index contributed by atoms with van der Waals surface area (Å²) in [7, 11) is 4.02. The van der Waals surface area contributed by atoms with Crippen molar-refractivity contribution in [3.05, 3.63) is 0 Å². The molecule has 0 nitrogen and oxygen atoms in total. The van der Waals surface area contributed by atoms with Gasteiger partial charge in [-0.25, -0.2) is 0 Å². The van der Waals surface area contributed by atoms with Crippen molar-refractivity contribution < 1.29 is 0 Å². The Balaban J connectivity index is 1.67. The predicted molar refractivity (Wildman–Crippen MR) is 77.3 cm³/mol. The van der Waals surface area contributed by atoms with Gasteiger partial charge in [-0.1, -0.05) is 51.1 Å². The first-order chi connectivity index (χ1) is 7.65. The zero-order chi connectivity index (χ0) is 11.6. The zero-order valence-corrected chi connectivity index (χ0v) is 11.6. The van der Waals surface area contributed by atoms with E-state index in [-0.39, 0.29) is 0 Å². The van der Waals surface area contributed by atoms with Crippen molar-refractivity contribution in [3.8, 4) is 0 Å². The Morgan fingerprint density at radius 2 is 1.88 bits per heavy atom. The molecule has 0 aromatic rings. The second kappa shape index (κ2) is 5.19. The van der Waals surface area contributed by atoms with Crippen LogP contribution in [0, 0.1) is 17.8 Å². The predicted octanol–water partition coefficient (Wildman–Crippen LogP) is 3.24. The first-order valence-corrected chi connectivity index (χ1v) is 7.65. The lowest BCUT2D eigenvalue weighted by molar-refractivity contribution is 0.137. The molecule has 2 bridgehead atoms. The van der Waals surface area contributed by atoms with Crippen LogP contribution >= 0.6 is 0 Å². The summed E-state index contributed by atoms with van der Waals surface area (Å²) in [6.07, 6.45) is 11.9. The second-order valence-electron chi connectivity index (χ2n) is 7.01. The molecule has 0 saturated heterocycles. The van der Waals surface area contributed by atoms with Gasteiger partial charge in [0.05, 0.1) is 7.85 Å². The molecule has 0 aliphatic heterocycles. The van der Waals surface area contributed by atoms with Crippen LogP contribution in [0.15, 0.2) is 0 Å². The Morgan fingerprint density at radius 3 is 2.44 bits per heavy atom. The van der Waals surface area contributed by atoms with Crippen molar-refractivity contribution in [2.45, 2.75) is 70.3 Å². The van der Waals surface area contributed by atoms with Crippen LogP contribution in [-0.2, 0) is 0 Å². The maximum absolute atomic E-state index is 2.54. The van der Waals surface area contributed by atoms with Crippen LogP contribution < -0.4 is 0 Å². The molecule has 0 spiro atoms. The van der Waals surface area contributed by atoms with Gasteiger partial charge in [-0.15, -0.1) is 0 Å². The number of fused-ring (bicyclic) bond motifs is 1. The third kappa shape index (κ3) is 2.51. The Morgan fingerprint density at radius 1 is 1.19 bits per heavy atom. The Bertz CT molecular complexity index is 211. The first kappa shape index (κ1) is 12.6. The van der Waals surface area contributed by atoms with Crippen LogP contribution in [0.5, 0.6) is 0 Å². The summed E-state index contributed by atoms with van der Waals surface area (Å²) in [4.78, 5) is 0. The standard InChI is InChI=1S/C14H28B2/c1-3-4-5-6-9-16-14(2,15)13-11-7-8-12(13)10-11/h11-13,16H,3-10,15H2,1-2H3. The minimum absolute atomic E-state index is 0.649. The van der Waals surface area contributed by atoms with Crippen molar-refractivity contribution in [2.75, 3.05) is 0 Å². The smallest absolute Gasteiger partial charge is 0.0805 e. The summed E-state index contributed by atoms with van der Waals surface area (Å²) in [5.74, 6) is 3.34. The maximum Gasteiger partial charge on any atom is 0.119 e. The lowest BCUT2D eigenvalue weighted by atomic mass is 9.33. The van der Waals surface area contributed by atoms with Crippen molar-refractivity contribution in [3.63, 3.8) is 0 Å². The van der Waals surface area contributed by atoms with Crippen LogP contribution in [0.2, 0.25) is 11.5 Å². The SMILES string of the molecule is BC(C)(BCCCCCC)C1C2CCC1C2. The molecule has 16 heavy (non-hydrogen) atoms. The molecular weight excluding hydrogens is 190 g/mol. The molecule has 0 aromatic heterocycles. The Hall–Kier alpha value is 0.130. The molecule has 90 valence electrons. The highest BCUT2D eigenvalue weighted by molar-refractivity contribution is 6.53. The summed E-state index contributed by atoms with van der Waals surface area (Å²) in [6, 6.07) is 0. The number of unbranched alkanes of at least 4 members (excludes halogenated alkanes) is 3. The molecule has 0 amide bonds.